The van der Waals surface area contributed by atoms with Gasteiger partial charge < -0.3 is 10.4 Å². The van der Waals surface area contributed by atoms with Gasteiger partial charge in [-0.15, -0.1) is 0 Å². The first-order chi connectivity index (χ1) is 7.33. The van der Waals surface area contributed by atoms with E-state index in [2.05, 4.69) is 5.10 Å². The first kappa shape index (κ1) is 9.80. The highest BCUT2D eigenvalue weighted by Gasteiger charge is 2.04. The fourth-order valence-electron chi connectivity index (χ4n) is 1.44. The smallest absolute Gasteiger partial charge is 0.0706 e. The second-order valence-corrected chi connectivity index (χ2v) is 3.44. The van der Waals surface area contributed by atoms with Crippen molar-refractivity contribution in [2.24, 2.45) is 10.9 Å². The van der Waals surface area contributed by atoms with Crippen LogP contribution in [-0.2, 0) is 0 Å². The molecule has 1 heterocycles. The zero-order valence-electron chi connectivity index (χ0n) is 7.97. The van der Waals surface area contributed by atoms with Gasteiger partial charge >= 0.3 is 0 Å². The topological polar surface area (TPSA) is 43.3 Å². The number of halogens is 1. The SMILES string of the molecule is NN=Cc1cccn1-c1ccccc1Cl. The van der Waals surface area contributed by atoms with E-state index in [1.165, 1.54) is 0 Å². The molecule has 4 heteroatoms. The highest BCUT2D eigenvalue weighted by molar-refractivity contribution is 6.32. The van der Waals surface area contributed by atoms with E-state index in [4.69, 9.17) is 17.4 Å². The minimum absolute atomic E-state index is 0.695. The molecule has 0 saturated heterocycles. The first-order valence-electron chi connectivity index (χ1n) is 4.48. The maximum absolute atomic E-state index is 6.09. The molecule has 0 fully saturated rings. The van der Waals surface area contributed by atoms with Gasteiger partial charge in [0.1, 0.15) is 0 Å². The first-order valence-corrected chi connectivity index (χ1v) is 4.86. The maximum Gasteiger partial charge on any atom is 0.0706 e. The van der Waals surface area contributed by atoms with E-state index >= 15 is 0 Å². The number of aromatic nitrogens is 1. The molecule has 0 unspecified atom stereocenters. The third-order valence-corrected chi connectivity index (χ3v) is 2.42. The molecular formula is C11H10ClN3. The van der Waals surface area contributed by atoms with Crippen molar-refractivity contribution in [2.45, 2.75) is 0 Å². The van der Waals surface area contributed by atoms with Crippen LogP contribution in [0.1, 0.15) is 5.69 Å². The summed E-state index contributed by atoms with van der Waals surface area (Å²) in [6, 6.07) is 11.5. The van der Waals surface area contributed by atoms with Crippen molar-refractivity contribution in [3.8, 4) is 5.69 Å². The fourth-order valence-corrected chi connectivity index (χ4v) is 1.67. The van der Waals surface area contributed by atoms with Crippen molar-refractivity contribution < 1.29 is 0 Å². The van der Waals surface area contributed by atoms with Crippen LogP contribution in [0.3, 0.4) is 0 Å². The van der Waals surface area contributed by atoms with E-state index in [0.29, 0.717) is 5.02 Å². The van der Waals surface area contributed by atoms with Gasteiger partial charge in [0.2, 0.25) is 0 Å². The van der Waals surface area contributed by atoms with Crippen molar-refractivity contribution >= 4 is 17.8 Å². The second kappa shape index (κ2) is 4.19. The number of nitrogens with zero attached hydrogens (tertiary/aromatic N) is 2. The molecule has 0 saturated carbocycles. The lowest BCUT2D eigenvalue weighted by Crippen LogP contribution is -1.99. The number of rotatable bonds is 2. The Hall–Kier alpha value is -1.74. The Balaban J connectivity index is 2.54. The minimum atomic E-state index is 0.695. The van der Waals surface area contributed by atoms with Gasteiger partial charge in [-0.3, -0.25) is 0 Å². The normalized spacial score (nSPS) is 11.0. The summed E-state index contributed by atoms with van der Waals surface area (Å²) >= 11 is 6.09. The summed E-state index contributed by atoms with van der Waals surface area (Å²) < 4.78 is 1.93. The summed E-state index contributed by atoms with van der Waals surface area (Å²) in [7, 11) is 0. The largest absolute Gasteiger partial charge is 0.323 e. The van der Waals surface area contributed by atoms with Gasteiger partial charge in [-0.05, 0) is 24.3 Å². The lowest BCUT2D eigenvalue weighted by molar-refractivity contribution is 1.06. The van der Waals surface area contributed by atoms with Crippen LogP contribution in [0.25, 0.3) is 5.69 Å². The summed E-state index contributed by atoms with van der Waals surface area (Å²) in [6.45, 7) is 0. The molecule has 0 spiro atoms. The summed E-state index contributed by atoms with van der Waals surface area (Å²) in [5, 5.41) is 4.20. The minimum Gasteiger partial charge on any atom is -0.323 e. The molecule has 0 aliphatic rings. The van der Waals surface area contributed by atoms with E-state index in [-0.39, 0.29) is 0 Å². The second-order valence-electron chi connectivity index (χ2n) is 3.03. The molecule has 1 aromatic carbocycles. The lowest BCUT2D eigenvalue weighted by Gasteiger charge is -2.07. The van der Waals surface area contributed by atoms with Gasteiger partial charge in [0.25, 0.3) is 0 Å². The molecule has 2 N–H and O–H groups in total. The zero-order chi connectivity index (χ0) is 10.7. The average Bonchev–Trinajstić information content (AvgIpc) is 2.67. The van der Waals surface area contributed by atoms with Gasteiger partial charge in [0, 0.05) is 6.20 Å². The summed E-state index contributed by atoms with van der Waals surface area (Å²) in [6.07, 6.45) is 3.50. The van der Waals surface area contributed by atoms with Crippen LogP contribution >= 0.6 is 11.6 Å². The molecule has 3 nitrogen and oxygen atoms in total. The van der Waals surface area contributed by atoms with E-state index in [0.717, 1.165) is 11.4 Å². The number of hydrogen-bond donors (Lipinski definition) is 1. The quantitative estimate of drug-likeness (QED) is 0.471. The standard InChI is InChI=1S/C11H10ClN3/c12-10-5-1-2-6-11(10)15-7-3-4-9(15)8-14-13/h1-8H,13H2. The van der Waals surface area contributed by atoms with Crippen molar-refractivity contribution in [1.82, 2.24) is 4.57 Å². The van der Waals surface area contributed by atoms with Crippen LogP contribution in [-0.4, -0.2) is 10.8 Å². The van der Waals surface area contributed by atoms with E-state index in [1.54, 1.807) is 6.21 Å². The number of hydrazone groups is 1. The van der Waals surface area contributed by atoms with Crippen LogP contribution in [0.4, 0.5) is 0 Å². The highest BCUT2D eigenvalue weighted by atomic mass is 35.5. The molecule has 2 rings (SSSR count). The molecule has 0 bridgehead atoms. The van der Waals surface area contributed by atoms with Crippen LogP contribution in [0.5, 0.6) is 0 Å². The molecule has 0 amide bonds. The van der Waals surface area contributed by atoms with Crippen molar-refractivity contribution in [1.29, 1.82) is 0 Å². The van der Waals surface area contributed by atoms with Crippen LogP contribution in [0.15, 0.2) is 47.7 Å². The van der Waals surface area contributed by atoms with Gasteiger partial charge in [0.05, 0.1) is 22.6 Å². The number of benzene rings is 1. The molecular weight excluding hydrogens is 210 g/mol. The summed E-state index contributed by atoms with van der Waals surface area (Å²) in [5.41, 5.74) is 1.81. The zero-order valence-corrected chi connectivity index (χ0v) is 8.72. The maximum atomic E-state index is 6.09. The molecule has 2 aromatic rings. The average molecular weight is 220 g/mol. The highest BCUT2D eigenvalue weighted by Crippen LogP contribution is 2.21. The molecule has 0 atom stereocenters. The molecule has 15 heavy (non-hydrogen) atoms. The van der Waals surface area contributed by atoms with Gasteiger partial charge in [-0.1, -0.05) is 23.7 Å². The Morgan fingerprint density at radius 3 is 2.73 bits per heavy atom. The molecule has 0 aliphatic carbocycles. The molecule has 1 aromatic heterocycles. The number of para-hydroxylation sites is 1. The van der Waals surface area contributed by atoms with E-state index < -0.39 is 0 Å². The third kappa shape index (κ3) is 1.87. The molecule has 76 valence electrons. The Labute approximate surface area is 92.8 Å². The van der Waals surface area contributed by atoms with Crippen LogP contribution < -0.4 is 5.84 Å². The van der Waals surface area contributed by atoms with Gasteiger partial charge in [-0.25, -0.2) is 0 Å². The third-order valence-electron chi connectivity index (χ3n) is 2.10. The van der Waals surface area contributed by atoms with Gasteiger partial charge in [-0.2, -0.15) is 5.10 Å². The molecule has 0 radical (unpaired) electrons. The number of hydrogen-bond acceptors (Lipinski definition) is 2. The van der Waals surface area contributed by atoms with Crippen molar-refractivity contribution in [3.05, 3.63) is 53.3 Å². The fraction of sp³-hybridized carbons (Fsp3) is 0. The monoisotopic (exact) mass is 219 g/mol. The lowest BCUT2D eigenvalue weighted by atomic mass is 10.3. The number of nitrogens with two attached hydrogens (primary N) is 1. The van der Waals surface area contributed by atoms with Crippen molar-refractivity contribution in [3.63, 3.8) is 0 Å². The Morgan fingerprint density at radius 1 is 1.20 bits per heavy atom. The Morgan fingerprint density at radius 2 is 2.00 bits per heavy atom. The Bertz CT molecular complexity index is 488. The predicted octanol–water partition coefficient (Wildman–Crippen LogP) is 2.42. The molecule has 0 aliphatic heterocycles. The van der Waals surface area contributed by atoms with Gasteiger partial charge in [0.15, 0.2) is 0 Å². The predicted molar refractivity (Wildman–Crippen MR) is 62.6 cm³/mol. The van der Waals surface area contributed by atoms with Crippen LogP contribution in [0, 0.1) is 0 Å². The summed E-state index contributed by atoms with van der Waals surface area (Å²) in [5.74, 6) is 5.13. The summed E-state index contributed by atoms with van der Waals surface area (Å²) in [4.78, 5) is 0. The van der Waals surface area contributed by atoms with E-state index in [9.17, 15) is 0 Å². The Kier molecular flexibility index (Phi) is 2.74. The van der Waals surface area contributed by atoms with E-state index in [1.807, 2.05) is 47.2 Å². The van der Waals surface area contributed by atoms with Crippen LogP contribution in [0.2, 0.25) is 5.02 Å². The van der Waals surface area contributed by atoms with Crippen molar-refractivity contribution in [2.75, 3.05) is 0 Å².